The number of aromatic carboxylic acids is 1. The van der Waals surface area contributed by atoms with Crippen molar-refractivity contribution in [1.82, 2.24) is 0 Å². The third-order valence-corrected chi connectivity index (χ3v) is 7.31. The molecule has 0 bridgehead atoms. The van der Waals surface area contributed by atoms with Gasteiger partial charge in [-0.25, -0.2) is 13.2 Å². The summed E-state index contributed by atoms with van der Waals surface area (Å²) in [6.45, 7) is 1.65. The molecule has 0 aliphatic rings. The summed E-state index contributed by atoms with van der Waals surface area (Å²) in [7, 11) is -3.80. The van der Waals surface area contributed by atoms with Gasteiger partial charge >= 0.3 is 12.1 Å². The number of benzene rings is 2. The SMILES string of the molecule is Cc1ccccc1S(=O)(=O)Cc1cc(-c2ccc(C(F)(F)F)cc2)sc1C(=O)O. The third-order valence-electron chi connectivity index (χ3n) is 4.27. The molecule has 0 unspecified atom stereocenters. The van der Waals surface area contributed by atoms with Crippen molar-refractivity contribution >= 4 is 27.1 Å². The van der Waals surface area contributed by atoms with Gasteiger partial charge in [0.1, 0.15) is 4.88 Å². The van der Waals surface area contributed by atoms with Crippen molar-refractivity contribution in [2.24, 2.45) is 0 Å². The van der Waals surface area contributed by atoms with E-state index in [-0.39, 0.29) is 15.3 Å². The highest BCUT2D eigenvalue weighted by Crippen LogP contribution is 2.36. The highest BCUT2D eigenvalue weighted by atomic mass is 32.2. The lowest BCUT2D eigenvalue weighted by Gasteiger charge is -2.07. The van der Waals surface area contributed by atoms with Gasteiger partial charge in [0.05, 0.1) is 16.2 Å². The Bertz CT molecular complexity index is 1160. The number of carboxylic acids is 1. The molecule has 2 aromatic carbocycles. The van der Waals surface area contributed by atoms with Crippen molar-refractivity contribution in [2.45, 2.75) is 23.7 Å². The van der Waals surface area contributed by atoms with E-state index in [1.54, 1.807) is 25.1 Å². The van der Waals surface area contributed by atoms with Gasteiger partial charge in [-0.2, -0.15) is 13.2 Å². The maximum absolute atomic E-state index is 12.8. The summed E-state index contributed by atoms with van der Waals surface area (Å²) in [5, 5.41) is 9.47. The molecule has 9 heteroatoms. The first-order valence-electron chi connectivity index (χ1n) is 8.31. The normalized spacial score (nSPS) is 12.1. The Morgan fingerprint density at radius 2 is 1.69 bits per heavy atom. The summed E-state index contributed by atoms with van der Waals surface area (Å²) < 4.78 is 63.8. The van der Waals surface area contributed by atoms with Gasteiger partial charge in [0, 0.05) is 4.88 Å². The summed E-state index contributed by atoms with van der Waals surface area (Å²) in [6.07, 6.45) is -4.48. The molecule has 0 aliphatic carbocycles. The van der Waals surface area contributed by atoms with Gasteiger partial charge in [-0.1, -0.05) is 30.3 Å². The zero-order valence-electron chi connectivity index (χ0n) is 15.0. The van der Waals surface area contributed by atoms with E-state index in [0.717, 1.165) is 23.5 Å². The van der Waals surface area contributed by atoms with Crippen LogP contribution in [0.3, 0.4) is 0 Å². The highest BCUT2D eigenvalue weighted by Gasteiger charge is 2.30. The Morgan fingerprint density at radius 1 is 1.07 bits per heavy atom. The summed E-state index contributed by atoms with van der Waals surface area (Å²) in [6, 6.07) is 12.1. The molecular weight excluding hydrogens is 425 g/mol. The number of halogens is 3. The minimum absolute atomic E-state index is 0.0978. The van der Waals surface area contributed by atoms with E-state index in [1.165, 1.54) is 24.3 Å². The summed E-state index contributed by atoms with van der Waals surface area (Å²) >= 11 is 0.829. The molecular formula is C20H15F3O4S2. The molecule has 3 rings (SSSR count). The van der Waals surface area contributed by atoms with Gasteiger partial charge in [-0.15, -0.1) is 11.3 Å². The van der Waals surface area contributed by atoms with Crippen molar-refractivity contribution in [3.05, 3.63) is 76.2 Å². The van der Waals surface area contributed by atoms with E-state index in [0.29, 0.717) is 16.0 Å². The number of carboxylic acid groups (broad SMARTS) is 1. The van der Waals surface area contributed by atoms with E-state index in [2.05, 4.69) is 0 Å². The first-order valence-corrected chi connectivity index (χ1v) is 10.8. The molecule has 0 spiro atoms. The average molecular weight is 440 g/mol. The molecule has 1 heterocycles. The first-order chi connectivity index (χ1) is 13.5. The number of carbonyl (C=O) groups is 1. The topological polar surface area (TPSA) is 71.4 Å². The van der Waals surface area contributed by atoms with Gasteiger partial charge in [0.25, 0.3) is 0 Å². The summed E-state index contributed by atoms with van der Waals surface area (Å²) in [5.74, 6) is -1.81. The fourth-order valence-corrected chi connectivity index (χ4v) is 5.62. The van der Waals surface area contributed by atoms with Crippen LogP contribution in [-0.4, -0.2) is 19.5 Å². The van der Waals surface area contributed by atoms with Crippen LogP contribution in [0.1, 0.15) is 26.4 Å². The largest absolute Gasteiger partial charge is 0.477 e. The molecule has 0 atom stereocenters. The Hall–Kier alpha value is -2.65. The lowest BCUT2D eigenvalue weighted by Crippen LogP contribution is -2.08. The zero-order valence-corrected chi connectivity index (χ0v) is 16.7. The number of hydrogen-bond acceptors (Lipinski definition) is 4. The van der Waals surface area contributed by atoms with Gasteiger partial charge in [0.2, 0.25) is 0 Å². The fraction of sp³-hybridized carbons (Fsp3) is 0.150. The first kappa shape index (κ1) is 21.1. The Labute approximate surface area is 169 Å². The average Bonchev–Trinajstić information content (AvgIpc) is 3.04. The molecule has 0 saturated heterocycles. The molecule has 1 aromatic heterocycles. The standard InChI is InChI=1S/C20H15F3O4S2/c1-12-4-2-3-5-17(12)29(26,27)11-14-10-16(28-18(14)19(24)25)13-6-8-15(9-7-13)20(21,22)23/h2-10H,11H2,1H3,(H,24,25). The predicted molar refractivity (Wildman–Crippen MR) is 104 cm³/mol. The molecule has 0 fully saturated rings. The van der Waals surface area contributed by atoms with Gasteiger partial charge < -0.3 is 5.11 Å². The van der Waals surface area contributed by atoms with Crippen LogP contribution in [0.2, 0.25) is 0 Å². The van der Waals surface area contributed by atoms with Gasteiger partial charge in [-0.05, 0) is 47.9 Å². The number of hydrogen-bond donors (Lipinski definition) is 1. The van der Waals surface area contributed by atoms with Crippen LogP contribution in [0, 0.1) is 6.92 Å². The number of alkyl halides is 3. The lowest BCUT2D eigenvalue weighted by atomic mass is 10.1. The fourth-order valence-electron chi connectivity index (χ4n) is 2.87. The molecule has 0 aliphatic heterocycles. The summed E-state index contributed by atoms with van der Waals surface area (Å²) in [5.41, 5.74) is 0.201. The van der Waals surface area contributed by atoms with E-state index < -0.39 is 33.3 Å². The van der Waals surface area contributed by atoms with E-state index in [4.69, 9.17) is 0 Å². The number of rotatable bonds is 5. The molecule has 0 amide bonds. The van der Waals surface area contributed by atoms with Crippen LogP contribution in [0.4, 0.5) is 13.2 Å². The second kappa shape index (κ2) is 7.64. The highest BCUT2D eigenvalue weighted by molar-refractivity contribution is 7.90. The molecule has 4 nitrogen and oxygen atoms in total. The molecule has 1 N–H and O–H groups in total. The van der Waals surface area contributed by atoms with Crippen LogP contribution < -0.4 is 0 Å². The lowest BCUT2D eigenvalue weighted by molar-refractivity contribution is -0.137. The smallest absolute Gasteiger partial charge is 0.416 e. The molecule has 152 valence electrons. The third kappa shape index (κ3) is 4.51. The van der Waals surface area contributed by atoms with E-state index in [1.807, 2.05) is 0 Å². The van der Waals surface area contributed by atoms with Crippen molar-refractivity contribution < 1.29 is 31.5 Å². The minimum atomic E-state index is -4.48. The van der Waals surface area contributed by atoms with Crippen LogP contribution in [-0.2, 0) is 21.8 Å². The molecule has 3 aromatic rings. The van der Waals surface area contributed by atoms with Crippen molar-refractivity contribution in [3.8, 4) is 10.4 Å². The van der Waals surface area contributed by atoms with Crippen molar-refractivity contribution in [1.29, 1.82) is 0 Å². The Kier molecular flexibility index (Phi) is 5.55. The number of sulfone groups is 1. The minimum Gasteiger partial charge on any atom is -0.477 e. The Balaban J connectivity index is 2.00. The quantitative estimate of drug-likeness (QED) is 0.576. The second-order valence-electron chi connectivity index (χ2n) is 6.37. The van der Waals surface area contributed by atoms with Crippen molar-refractivity contribution in [3.63, 3.8) is 0 Å². The maximum Gasteiger partial charge on any atom is 0.416 e. The number of aryl methyl sites for hydroxylation is 1. The van der Waals surface area contributed by atoms with Crippen LogP contribution in [0.5, 0.6) is 0 Å². The van der Waals surface area contributed by atoms with Crippen LogP contribution in [0.25, 0.3) is 10.4 Å². The Morgan fingerprint density at radius 3 is 2.24 bits per heavy atom. The monoisotopic (exact) mass is 440 g/mol. The zero-order chi connectivity index (χ0) is 21.4. The van der Waals surface area contributed by atoms with Crippen LogP contribution in [0.15, 0.2) is 59.5 Å². The predicted octanol–water partition coefficient (Wildman–Crippen LogP) is 5.41. The molecule has 0 saturated carbocycles. The number of thiophene rings is 1. The van der Waals surface area contributed by atoms with Crippen LogP contribution >= 0.6 is 11.3 Å². The molecule has 0 radical (unpaired) electrons. The maximum atomic E-state index is 12.8. The van der Waals surface area contributed by atoms with E-state index in [9.17, 15) is 31.5 Å². The van der Waals surface area contributed by atoms with E-state index >= 15 is 0 Å². The molecule has 29 heavy (non-hydrogen) atoms. The second-order valence-corrected chi connectivity index (χ2v) is 9.38. The van der Waals surface area contributed by atoms with Gasteiger partial charge in [0.15, 0.2) is 9.84 Å². The summed E-state index contributed by atoms with van der Waals surface area (Å²) in [4.78, 5) is 11.9. The van der Waals surface area contributed by atoms with Gasteiger partial charge in [-0.3, -0.25) is 0 Å². The van der Waals surface area contributed by atoms with Crippen molar-refractivity contribution in [2.75, 3.05) is 0 Å².